The Morgan fingerprint density at radius 2 is 1.69 bits per heavy atom. The molecule has 7 heteroatoms. The van der Waals surface area contributed by atoms with Crippen LogP contribution in [0.4, 0.5) is 4.79 Å². The second kappa shape index (κ2) is 8.30. The molecule has 0 aromatic heterocycles. The Hall–Kier alpha value is -3.35. The van der Waals surface area contributed by atoms with E-state index in [9.17, 15) is 19.5 Å². The number of carbonyl (C=O) groups is 3. The smallest absolute Gasteiger partial charge is 0.407 e. The summed E-state index contributed by atoms with van der Waals surface area (Å²) in [7, 11) is 0. The first kappa shape index (κ1) is 21.9. The van der Waals surface area contributed by atoms with Gasteiger partial charge >= 0.3 is 12.1 Å². The zero-order valence-corrected chi connectivity index (χ0v) is 18.5. The summed E-state index contributed by atoms with van der Waals surface area (Å²) in [5, 5.41) is 12.1. The fraction of sp³-hybridized carbons (Fsp3) is 0.400. The molecule has 2 aromatic carbocycles. The van der Waals surface area contributed by atoms with E-state index in [1.165, 1.54) is 4.90 Å². The Bertz CT molecular complexity index is 1020. The molecule has 1 aliphatic carbocycles. The Labute approximate surface area is 187 Å². The van der Waals surface area contributed by atoms with E-state index < -0.39 is 23.5 Å². The Kier molecular flexibility index (Phi) is 5.67. The predicted octanol–water partition coefficient (Wildman–Crippen LogP) is 3.48. The van der Waals surface area contributed by atoms with E-state index in [1.54, 1.807) is 13.8 Å². The number of hydrogen-bond acceptors (Lipinski definition) is 4. The minimum absolute atomic E-state index is 0.0603. The SMILES string of the molecule is CC(NC(=O)OCC1c2ccccc2-c2ccccc21)C(=O)N1C[C@H](C)[C@@](C)(C(=O)O)C1. The van der Waals surface area contributed by atoms with E-state index in [4.69, 9.17) is 4.74 Å². The van der Waals surface area contributed by atoms with E-state index in [0.717, 1.165) is 22.3 Å². The molecule has 2 aromatic rings. The van der Waals surface area contributed by atoms with Crippen LogP contribution in [-0.2, 0) is 14.3 Å². The van der Waals surface area contributed by atoms with E-state index >= 15 is 0 Å². The van der Waals surface area contributed by atoms with Crippen molar-refractivity contribution in [3.63, 3.8) is 0 Å². The second-order valence-electron chi connectivity index (χ2n) is 9.03. The molecule has 2 aliphatic rings. The lowest BCUT2D eigenvalue weighted by molar-refractivity contribution is -0.149. The molecule has 168 valence electrons. The lowest BCUT2D eigenvalue weighted by Gasteiger charge is -2.24. The van der Waals surface area contributed by atoms with Crippen LogP contribution in [0.1, 0.15) is 37.8 Å². The molecule has 1 saturated heterocycles. The molecule has 0 saturated carbocycles. The maximum Gasteiger partial charge on any atom is 0.407 e. The average molecular weight is 437 g/mol. The van der Waals surface area contributed by atoms with Gasteiger partial charge in [-0.15, -0.1) is 0 Å². The standard InChI is InChI=1S/C25H28N2O5/c1-15-12-27(14-25(15,3)23(29)30)22(28)16(2)26-24(31)32-13-21-19-10-6-4-8-17(19)18-9-5-7-11-20(18)21/h4-11,15-16,21H,12-14H2,1-3H3,(H,26,31)(H,29,30)/t15-,16?,25-/m0/s1. The summed E-state index contributed by atoms with van der Waals surface area (Å²) in [5.41, 5.74) is 3.53. The first-order valence-corrected chi connectivity index (χ1v) is 10.9. The van der Waals surface area contributed by atoms with Crippen molar-refractivity contribution >= 4 is 18.0 Å². The predicted molar refractivity (Wildman–Crippen MR) is 119 cm³/mol. The van der Waals surface area contributed by atoms with Crippen LogP contribution < -0.4 is 5.32 Å². The number of carboxylic acids is 1. The zero-order chi connectivity index (χ0) is 23.0. The fourth-order valence-electron chi connectivity index (χ4n) is 4.75. The number of amides is 2. The molecule has 4 rings (SSSR count). The minimum Gasteiger partial charge on any atom is -0.481 e. The fourth-order valence-corrected chi connectivity index (χ4v) is 4.75. The second-order valence-corrected chi connectivity index (χ2v) is 9.03. The van der Waals surface area contributed by atoms with Gasteiger partial charge in [-0.1, -0.05) is 55.5 Å². The molecule has 1 unspecified atom stereocenters. The summed E-state index contributed by atoms with van der Waals surface area (Å²) in [6, 6.07) is 15.3. The van der Waals surface area contributed by atoms with Crippen molar-refractivity contribution in [1.29, 1.82) is 0 Å². The number of hydrogen-bond donors (Lipinski definition) is 2. The third kappa shape index (κ3) is 3.72. The molecule has 1 fully saturated rings. The summed E-state index contributed by atoms with van der Waals surface area (Å²) < 4.78 is 5.51. The summed E-state index contributed by atoms with van der Waals surface area (Å²) >= 11 is 0. The van der Waals surface area contributed by atoms with Gasteiger partial charge in [-0.2, -0.15) is 0 Å². The van der Waals surface area contributed by atoms with Crippen molar-refractivity contribution in [2.45, 2.75) is 32.7 Å². The number of nitrogens with zero attached hydrogens (tertiary/aromatic N) is 1. The van der Waals surface area contributed by atoms with Crippen LogP contribution in [-0.4, -0.2) is 53.7 Å². The van der Waals surface area contributed by atoms with Gasteiger partial charge < -0.3 is 20.1 Å². The third-order valence-corrected chi connectivity index (χ3v) is 6.95. The highest BCUT2D eigenvalue weighted by Gasteiger charge is 2.48. The van der Waals surface area contributed by atoms with Gasteiger partial charge in [-0.05, 0) is 42.0 Å². The summed E-state index contributed by atoms with van der Waals surface area (Å²) in [5.74, 6) is -1.46. The van der Waals surface area contributed by atoms with Gasteiger partial charge in [0.15, 0.2) is 0 Å². The molecule has 3 atom stereocenters. The van der Waals surface area contributed by atoms with E-state index in [2.05, 4.69) is 17.4 Å². The number of carbonyl (C=O) groups excluding carboxylic acids is 2. The molecule has 2 amide bonds. The van der Waals surface area contributed by atoms with Crippen LogP contribution in [0.15, 0.2) is 48.5 Å². The number of rotatable bonds is 5. The monoisotopic (exact) mass is 436 g/mol. The molecule has 0 spiro atoms. The van der Waals surface area contributed by atoms with Crippen LogP contribution in [0.3, 0.4) is 0 Å². The van der Waals surface area contributed by atoms with Gasteiger partial charge in [-0.3, -0.25) is 9.59 Å². The molecule has 7 nitrogen and oxygen atoms in total. The van der Waals surface area contributed by atoms with Crippen molar-refractivity contribution in [3.8, 4) is 11.1 Å². The first-order valence-electron chi connectivity index (χ1n) is 10.9. The van der Waals surface area contributed by atoms with Crippen LogP contribution in [0.5, 0.6) is 0 Å². The average Bonchev–Trinajstić information content (AvgIpc) is 3.27. The molecule has 2 N–H and O–H groups in total. The maximum atomic E-state index is 12.8. The largest absolute Gasteiger partial charge is 0.481 e. The van der Waals surface area contributed by atoms with Crippen LogP contribution in [0.25, 0.3) is 11.1 Å². The van der Waals surface area contributed by atoms with Gasteiger partial charge in [0.1, 0.15) is 12.6 Å². The number of likely N-dealkylation sites (tertiary alicyclic amines) is 1. The molecule has 1 heterocycles. The summed E-state index contributed by atoms with van der Waals surface area (Å²) in [4.78, 5) is 38.4. The summed E-state index contributed by atoms with van der Waals surface area (Å²) in [6.45, 7) is 5.70. The number of alkyl carbamates (subject to hydrolysis) is 1. The topological polar surface area (TPSA) is 95.9 Å². The van der Waals surface area contributed by atoms with Gasteiger partial charge in [0.05, 0.1) is 5.41 Å². The highest BCUT2D eigenvalue weighted by molar-refractivity contribution is 5.87. The minimum atomic E-state index is -0.987. The van der Waals surface area contributed by atoms with E-state index in [1.807, 2.05) is 43.3 Å². The van der Waals surface area contributed by atoms with Crippen molar-refractivity contribution in [1.82, 2.24) is 10.2 Å². The maximum absolute atomic E-state index is 12.8. The first-order chi connectivity index (χ1) is 15.2. The number of fused-ring (bicyclic) bond motifs is 3. The molecule has 0 bridgehead atoms. The van der Waals surface area contributed by atoms with Gasteiger partial charge in [0.2, 0.25) is 5.91 Å². The van der Waals surface area contributed by atoms with Gasteiger partial charge in [-0.25, -0.2) is 4.79 Å². The number of aliphatic carboxylic acids is 1. The molecule has 1 aliphatic heterocycles. The number of ether oxygens (including phenoxy) is 1. The highest BCUT2D eigenvalue weighted by Crippen LogP contribution is 2.44. The van der Waals surface area contributed by atoms with Crippen molar-refractivity contribution < 1.29 is 24.2 Å². The third-order valence-electron chi connectivity index (χ3n) is 6.95. The van der Waals surface area contributed by atoms with Crippen molar-refractivity contribution in [3.05, 3.63) is 59.7 Å². The van der Waals surface area contributed by atoms with Gasteiger partial charge in [0, 0.05) is 19.0 Å². The Morgan fingerprint density at radius 3 is 2.22 bits per heavy atom. The lowest BCUT2D eigenvalue weighted by Crippen LogP contribution is -2.47. The number of nitrogens with one attached hydrogen (secondary N) is 1. The molecule has 32 heavy (non-hydrogen) atoms. The molecular weight excluding hydrogens is 408 g/mol. The number of benzene rings is 2. The van der Waals surface area contributed by atoms with Crippen LogP contribution >= 0.6 is 0 Å². The zero-order valence-electron chi connectivity index (χ0n) is 18.5. The van der Waals surface area contributed by atoms with Crippen molar-refractivity contribution in [2.24, 2.45) is 11.3 Å². The highest BCUT2D eigenvalue weighted by atomic mass is 16.5. The Balaban J connectivity index is 1.37. The van der Waals surface area contributed by atoms with Crippen LogP contribution in [0, 0.1) is 11.3 Å². The number of carboxylic acid groups (broad SMARTS) is 1. The van der Waals surface area contributed by atoms with Crippen LogP contribution in [0.2, 0.25) is 0 Å². The van der Waals surface area contributed by atoms with Gasteiger partial charge in [0.25, 0.3) is 0 Å². The van der Waals surface area contributed by atoms with E-state index in [-0.39, 0.29) is 30.9 Å². The molecule has 0 radical (unpaired) electrons. The van der Waals surface area contributed by atoms with E-state index in [0.29, 0.717) is 6.54 Å². The molecular formula is C25H28N2O5. The normalized spacial score (nSPS) is 22.7. The Morgan fingerprint density at radius 1 is 1.12 bits per heavy atom. The quantitative estimate of drug-likeness (QED) is 0.748. The lowest BCUT2D eigenvalue weighted by atomic mass is 9.81. The summed E-state index contributed by atoms with van der Waals surface area (Å²) in [6.07, 6.45) is -0.666. The van der Waals surface area contributed by atoms with Crippen molar-refractivity contribution in [2.75, 3.05) is 19.7 Å².